The van der Waals surface area contributed by atoms with Crippen molar-refractivity contribution in [2.45, 2.75) is 38.8 Å². The Hall–Kier alpha value is -2.67. The molecule has 1 saturated carbocycles. The molecule has 1 amide bonds. The average Bonchev–Trinajstić information content (AvgIpc) is 3.45. The van der Waals surface area contributed by atoms with Crippen LogP contribution in [-0.4, -0.2) is 63.7 Å². The maximum Gasteiger partial charge on any atom is 0.237 e. The largest absolute Gasteiger partial charge is 0.353 e. The van der Waals surface area contributed by atoms with E-state index in [0.717, 1.165) is 67.1 Å². The number of fused-ring (bicyclic) bond motifs is 3. The number of nitrogens with zero attached hydrogens (tertiary/aromatic N) is 5. The van der Waals surface area contributed by atoms with Gasteiger partial charge < -0.3 is 10.2 Å². The summed E-state index contributed by atoms with van der Waals surface area (Å²) in [6, 6.07) is 10.7. The normalized spacial score (nSPS) is 19.3. The van der Waals surface area contributed by atoms with Crippen LogP contribution in [0.15, 0.2) is 30.3 Å². The molecular formula is C21H26N6O. The minimum Gasteiger partial charge on any atom is -0.353 e. The van der Waals surface area contributed by atoms with E-state index in [-0.39, 0.29) is 11.9 Å². The number of hydrogen-bond donors (Lipinski definition) is 1. The van der Waals surface area contributed by atoms with Gasteiger partial charge in [-0.25, -0.2) is 9.50 Å². The molecule has 7 nitrogen and oxygen atoms in total. The van der Waals surface area contributed by atoms with Crippen LogP contribution in [0.5, 0.6) is 0 Å². The Balaban J connectivity index is 1.38. The molecule has 2 aliphatic rings. The summed E-state index contributed by atoms with van der Waals surface area (Å²) in [5, 5.41) is 8.83. The number of carbonyl (C=O) groups is 1. The highest BCUT2D eigenvalue weighted by Gasteiger charge is 2.30. The number of para-hydroxylation sites is 1. The molecule has 28 heavy (non-hydrogen) atoms. The van der Waals surface area contributed by atoms with Gasteiger partial charge in [0, 0.05) is 43.7 Å². The van der Waals surface area contributed by atoms with Crippen LogP contribution in [0, 0.1) is 6.92 Å². The van der Waals surface area contributed by atoms with Crippen molar-refractivity contribution in [1.29, 1.82) is 0 Å². The van der Waals surface area contributed by atoms with Crippen molar-refractivity contribution in [3.8, 4) is 0 Å². The number of piperazine rings is 1. The molecule has 1 aliphatic carbocycles. The Labute approximate surface area is 164 Å². The summed E-state index contributed by atoms with van der Waals surface area (Å²) < 4.78 is 1.93. The summed E-state index contributed by atoms with van der Waals surface area (Å²) in [7, 11) is 0. The summed E-state index contributed by atoms with van der Waals surface area (Å²) in [5.74, 6) is 1.17. The number of amides is 1. The molecule has 2 aromatic heterocycles. The van der Waals surface area contributed by atoms with E-state index in [9.17, 15) is 4.79 Å². The Kier molecular flexibility index (Phi) is 4.19. The number of nitrogens with one attached hydrogen (secondary N) is 1. The maximum absolute atomic E-state index is 12.4. The minimum absolute atomic E-state index is 0.0765. The lowest BCUT2D eigenvalue weighted by Crippen LogP contribution is -2.54. The third kappa shape index (κ3) is 3.09. The third-order valence-electron chi connectivity index (χ3n) is 5.87. The van der Waals surface area contributed by atoms with E-state index < -0.39 is 0 Å². The van der Waals surface area contributed by atoms with Crippen molar-refractivity contribution in [2.24, 2.45) is 0 Å². The van der Waals surface area contributed by atoms with Crippen LogP contribution in [0.1, 0.15) is 25.5 Å². The van der Waals surface area contributed by atoms with Crippen LogP contribution in [0.25, 0.3) is 16.6 Å². The zero-order valence-electron chi connectivity index (χ0n) is 16.4. The molecule has 146 valence electrons. The topological polar surface area (TPSA) is 65.8 Å². The minimum atomic E-state index is -0.0765. The van der Waals surface area contributed by atoms with Crippen LogP contribution in [0.2, 0.25) is 0 Å². The second kappa shape index (κ2) is 6.74. The Bertz CT molecular complexity index is 1030. The molecule has 0 radical (unpaired) electrons. The number of carbonyl (C=O) groups excluding carboxylic acids is 1. The molecule has 5 rings (SSSR count). The second-order valence-corrected chi connectivity index (χ2v) is 7.99. The van der Waals surface area contributed by atoms with Gasteiger partial charge in [0.1, 0.15) is 5.82 Å². The van der Waals surface area contributed by atoms with Gasteiger partial charge in [0.2, 0.25) is 5.91 Å². The highest BCUT2D eigenvalue weighted by atomic mass is 16.2. The maximum atomic E-state index is 12.4. The lowest BCUT2D eigenvalue weighted by atomic mass is 10.2. The molecule has 1 unspecified atom stereocenters. The molecule has 3 aromatic rings. The summed E-state index contributed by atoms with van der Waals surface area (Å²) in [6.45, 7) is 7.46. The fourth-order valence-electron chi connectivity index (χ4n) is 4.04. The molecule has 1 aliphatic heterocycles. The van der Waals surface area contributed by atoms with E-state index in [2.05, 4.69) is 38.4 Å². The molecule has 2 fully saturated rings. The number of rotatable bonds is 4. The van der Waals surface area contributed by atoms with E-state index in [1.165, 1.54) is 0 Å². The highest BCUT2D eigenvalue weighted by Crippen LogP contribution is 2.27. The van der Waals surface area contributed by atoms with E-state index in [4.69, 9.17) is 4.98 Å². The molecule has 0 spiro atoms. The van der Waals surface area contributed by atoms with E-state index in [0.29, 0.717) is 6.04 Å². The van der Waals surface area contributed by atoms with Crippen molar-refractivity contribution in [3.05, 3.63) is 36.0 Å². The average molecular weight is 378 g/mol. The summed E-state index contributed by atoms with van der Waals surface area (Å²) >= 11 is 0. The number of benzene rings is 1. The van der Waals surface area contributed by atoms with Crippen molar-refractivity contribution >= 4 is 28.3 Å². The monoisotopic (exact) mass is 378 g/mol. The number of aryl methyl sites for hydroxylation is 1. The molecule has 1 saturated heterocycles. The number of anilines is 1. The summed E-state index contributed by atoms with van der Waals surface area (Å²) in [5.41, 5.74) is 2.93. The standard InChI is InChI=1S/C21H26N6O/c1-14-13-19-23-20(17-5-3-4-6-18(17)27(19)24-14)26-11-9-25(10-12-26)15(2)21(28)22-16-7-8-16/h3-6,13,15-16H,7-12H2,1-2H3,(H,22,28). The number of aromatic nitrogens is 3. The van der Waals surface area contributed by atoms with Gasteiger partial charge >= 0.3 is 0 Å². The first-order valence-electron chi connectivity index (χ1n) is 10.1. The Morgan fingerprint density at radius 1 is 1.18 bits per heavy atom. The molecule has 1 aromatic carbocycles. The van der Waals surface area contributed by atoms with E-state index in [1.54, 1.807) is 0 Å². The van der Waals surface area contributed by atoms with Gasteiger partial charge in [-0.3, -0.25) is 9.69 Å². The van der Waals surface area contributed by atoms with Crippen molar-refractivity contribution in [3.63, 3.8) is 0 Å². The molecule has 7 heteroatoms. The van der Waals surface area contributed by atoms with Gasteiger partial charge in [0.05, 0.1) is 17.3 Å². The van der Waals surface area contributed by atoms with Crippen LogP contribution in [-0.2, 0) is 4.79 Å². The van der Waals surface area contributed by atoms with Crippen LogP contribution in [0.4, 0.5) is 5.82 Å². The van der Waals surface area contributed by atoms with Crippen LogP contribution in [0.3, 0.4) is 0 Å². The molecule has 1 atom stereocenters. The van der Waals surface area contributed by atoms with Crippen LogP contribution < -0.4 is 10.2 Å². The van der Waals surface area contributed by atoms with E-state index in [1.807, 2.05) is 30.5 Å². The number of hydrogen-bond acceptors (Lipinski definition) is 5. The summed E-state index contributed by atoms with van der Waals surface area (Å²) in [4.78, 5) is 21.9. The first-order valence-corrected chi connectivity index (χ1v) is 10.1. The van der Waals surface area contributed by atoms with Gasteiger partial charge in [0.25, 0.3) is 0 Å². The molecule has 1 N–H and O–H groups in total. The van der Waals surface area contributed by atoms with Gasteiger partial charge in [-0.1, -0.05) is 12.1 Å². The highest BCUT2D eigenvalue weighted by molar-refractivity contribution is 5.91. The predicted octanol–water partition coefficient (Wildman–Crippen LogP) is 1.98. The lowest BCUT2D eigenvalue weighted by Gasteiger charge is -2.38. The van der Waals surface area contributed by atoms with Crippen LogP contribution >= 0.6 is 0 Å². The zero-order valence-corrected chi connectivity index (χ0v) is 16.4. The summed E-state index contributed by atoms with van der Waals surface area (Å²) in [6.07, 6.45) is 2.25. The van der Waals surface area contributed by atoms with Crippen molar-refractivity contribution in [2.75, 3.05) is 31.1 Å². The lowest BCUT2D eigenvalue weighted by molar-refractivity contribution is -0.126. The third-order valence-corrected chi connectivity index (χ3v) is 5.87. The smallest absolute Gasteiger partial charge is 0.237 e. The van der Waals surface area contributed by atoms with Gasteiger partial charge in [-0.15, -0.1) is 0 Å². The van der Waals surface area contributed by atoms with Gasteiger partial charge in [-0.05, 0) is 38.8 Å². The zero-order chi connectivity index (χ0) is 19.3. The molecular weight excluding hydrogens is 352 g/mol. The molecule has 0 bridgehead atoms. The van der Waals surface area contributed by atoms with Crippen molar-refractivity contribution < 1.29 is 4.79 Å². The van der Waals surface area contributed by atoms with Crippen molar-refractivity contribution in [1.82, 2.24) is 24.8 Å². The first kappa shape index (κ1) is 17.4. The first-order chi connectivity index (χ1) is 13.6. The Morgan fingerprint density at radius 3 is 2.68 bits per heavy atom. The predicted molar refractivity (Wildman–Crippen MR) is 110 cm³/mol. The van der Waals surface area contributed by atoms with Gasteiger partial charge in [-0.2, -0.15) is 5.10 Å². The van der Waals surface area contributed by atoms with E-state index >= 15 is 0 Å². The Morgan fingerprint density at radius 2 is 1.93 bits per heavy atom. The fraction of sp³-hybridized carbons (Fsp3) is 0.476. The van der Waals surface area contributed by atoms with Gasteiger partial charge in [0.15, 0.2) is 5.65 Å². The SMILES string of the molecule is Cc1cc2nc(N3CCN(C(C)C(=O)NC4CC4)CC3)c3ccccc3n2n1. The fourth-order valence-corrected chi connectivity index (χ4v) is 4.04. The molecule has 3 heterocycles. The quantitative estimate of drug-likeness (QED) is 0.752. The second-order valence-electron chi connectivity index (χ2n) is 7.99.